The lowest BCUT2D eigenvalue weighted by atomic mass is 9.87. The van der Waals surface area contributed by atoms with Crippen molar-refractivity contribution < 1.29 is 9.21 Å². The molecular formula is C10H14O2. The van der Waals surface area contributed by atoms with E-state index in [9.17, 15) is 4.79 Å². The highest BCUT2D eigenvalue weighted by atomic mass is 16.3. The molecule has 0 amide bonds. The van der Waals surface area contributed by atoms with E-state index in [1.165, 1.54) is 0 Å². The summed E-state index contributed by atoms with van der Waals surface area (Å²) in [5.74, 6) is 0.837. The van der Waals surface area contributed by atoms with Gasteiger partial charge in [0.1, 0.15) is 5.76 Å². The van der Waals surface area contributed by atoms with Crippen LogP contribution in [0.3, 0.4) is 0 Å². The van der Waals surface area contributed by atoms with Gasteiger partial charge in [0.05, 0.1) is 11.8 Å². The van der Waals surface area contributed by atoms with E-state index in [0.29, 0.717) is 11.3 Å². The summed E-state index contributed by atoms with van der Waals surface area (Å²) in [5.41, 5.74) is 0.372. The van der Waals surface area contributed by atoms with Crippen molar-refractivity contribution in [2.45, 2.75) is 27.7 Å². The van der Waals surface area contributed by atoms with Crippen molar-refractivity contribution >= 4 is 5.78 Å². The molecule has 0 spiro atoms. The van der Waals surface area contributed by atoms with Gasteiger partial charge in [-0.2, -0.15) is 0 Å². The number of hydrogen-bond donors (Lipinski definition) is 0. The van der Waals surface area contributed by atoms with Crippen LogP contribution >= 0.6 is 0 Å². The molecule has 0 aliphatic heterocycles. The number of Topliss-reactive ketones (excluding diaryl/α,β-unsaturated/α-hetero) is 1. The van der Waals surface area contributed by atoms with E-state index in [0.717, 1.165) is 0 Å². The van der Waals surface area contributed by atoms with Crippen LogP contribution in [0.25, 0.3) is 0 Å². The van der Waals surface area contributed by atoms with E-state index in [1.807, 2.05) is 20.8 Å². The highest BCUT2D eigenvalue weighted by Gasteiger charge is 2.25. The number of hydrogen-bond acceptors (Lipinski definition) is 2. The fraction of sp³-hybridized carbons (Fsp3) is 0.500. The Hall–Kier alpha value is -1.05. The number of rotatable bonds is 1. The normalized spacial score (nSPS) is 11.7. The Morgan fingerprint density at radius 3 is 2.33 bits per heavy atom. The summed E-state index contributed by atoms with van der Waals surface area (Å²) < 4.78 is 5.06. The first kappa shape index (κ1) is 9.04. The highest BCUT2D eigenvalue weighted by Crippen LogP contribution is 2.23. The minimum absolute atomic E-state index is 0.133. The number of carbonyl (C=O) groups excluding carboxylic acids is 1. The van der Waals surface area contributed by atoms with E-state index < -0.39 is 0 Å². The predicted molar refractivity (Wildman–Crippen MR) is 47.2 cm³/mol. The lowest BCUT2D eigenvalue weighted by molar-refractivity contribution is 0.0856. The first-order valence-corrected chi connectivity index (χ1v) is 4.02. The first-order valence-electron chi connectivity index (χ1n) is 4.02. The Kier molecular flexibility index (Phi) is 2.09. The van der Waals surface area contributed by atoms with Gasteiger partial charge < -0.3 is 4.42 Å². The van der Waals surface area contributed by atoms with Crippen molar-refractivity contribution in [1.82, 2.24) is 0 Å². The van der Waals surface area contributed by atoms with Crippen molar-refractivity contribution in [3.8, 4) is 0 Å². The van der Waals surface area contributed by atoms with Crippen LogP contribution in [0.5, 0.6) is 0 Å². The second-order valence-corrected chi connectivity index (χ2v) is 3.97. The third-order valence-corrected chi connectivity index (χ3v) is 1.78. The largest absolute Gasteiger partial charge is 0.469 e. The summed E-state index contributed by atoms with van der Waals surface area (Å²) in [6.45, 7) is 7.52. The van der Waals surface area contributed by atoms with Gasteiger partial charge in [0, 0.05) is 5.41 Å². The molecule has 0 saturated heterocycles. The second-order valence-electron chi connectivity index (χ2n) is 3.97. The summed E-state index contributed by atoms with van der Waals surface area (Å²) in [6, 6.07) is 1.73. The molecule has 1 heterocycles. The molecule has 0 saturated carbocycles. The molecule has 1 aromatic rings. The molecule has 0 unspecified atom stereocenters. The molecule has 0 N–H and O–H groups in total. The van der Waals surface area contributed by atoms with Crippen molar-refractivity contribution in [2.75, 3.05) is 0 Å². The van der Waals surface area contributed by atoms with Crippen molar-refractivity contribution in [3.05, 3.63) is 23.7 Å². The zero-order chi connectivity index (χ0) is 9.35. The number of ketones is 1. The molecule has 0 bridgehead atoms. The molecule has 66 valence electrons. The molecule has 2 nitrogen and oxygen atoms in total. The smallest absolute Gasteiger partial charge is 0.171 e. The third kappa shape index (κ3) is 1.58. The van der Waals surface area contributed by atoms with Crippen LogP contribution in [0, 0.1) is 12.3 Å². The average Bonchev–Trinajstić information content (AvgIpc) is 2.31. The van der Waals surface area contributed by atoms with Gasteiger partial charge in [0.25, 0.3) is 0 Å². The molecule has 0 aliphatic carbocycles. The molecular weight excluding hydrogens is 152 g/mol. The average molecular weight is 166 g/mol. The number of furan rings is 1. The molecule has 0 fully saturated rings. The van der Waals surface area contributed by atoms with Gasteiger partial charge in [-0.25, -0.2) is 0 Å². The van der Waals surface area contributed by atoms with Crippen molar-refractivity contribution in [3.63, 3.8) is 0 Å². The zero-order valence-electron chi connectivity index (χ0n) is 7.97. The summed E-state index contributed by atoms with van der Waals surface area (Å²) in [6.07, 6.45) is 1.55. The summed E-state index contributed by atoms with van der Waals surface area (Å²) in [4.78, 5) is 11.7. The van der Waals surface area contributed by atoms with Crippen LogP contribution in [0.15, 0.2) is 16.7 Å². The van der Waals surface area contributed by atoms with Crippen LogP contribution < -0.4 is 0 Å². The fourth-order valence-corrected chi connectivity index (χ4v) is 1.02. The van der Waals surface area contributed by atoms with Gasteiger partial charge in [0.15, 0.2) is 5.78 Å². The maximum absolute atomic E-state index is 11.7. The Bertz CT molecular complexity index is 289. The molecule has 0 aromatic carbocycles. The molecule has 1 rings (SSSR count). The van der Waals surface area contributed by atoms with Gasteiger partial charge in [0.2, 0.25) is 0 Å². The summed E-state index contributed by atoms with van der Waals surface area (Å²) >= 11 is 0. The number of carbonyl (C=O) groups is 1. The minimum atomic E-state index is -0.325. The monoisotopic (exact) mass is 166 g/mol. The maximum atomic E-state index is 11.7. The van der Waals surface area contributed by atoms with Crippen LogP contribution in [0.4, 0.5) is 0 Å². The van der Waals surface area contributed by atoms with Gasteiger partial charge in [-0.15, -0.1) is 0 Å². The van der Waals surface area contributed by atoms with Crippen LogP contribution in [-0.4, -0.2) is 5.78 Å². The van der Waals surface area contributed by atoms with Crippen LogP contribution in [0.1, 0.15) is 36.9 Å². The van der Waals surface area contributed by atoms with E-state index in [-0.39, 0.29) is 11.2 Å². The molecule has 12 heavy (non-hydrogen) atoms. The zero-order valence-corrected chi connectivity index (χ0v) is 7.97. The molecule has 0 radical (unpaired) electrons. The van der Waals surface area contributed by atoms with Gasteiger partial charge >= 0.3 is 0 Å². The summed E-state index contributed by atoms with van der Waals surface area (Å²) in [7, 11) is 0. The van der Waals surface area contributed by atoms with Crippen LogP contribution in [-0.2, 0) is 0 Å². The summed E-state index contributed by atoms with van der Waals surface area (Å²) in [5, 5.41) is 0. The van der Waals surface area contributed by atoms with Gasteiger partial charge in [-0.1, -0.05) is 20.8 Å². The first-order chi connectivity index (χ1) is 5.43. The molecule has 2 heteroatoms. The Morgan fingerprint density at radius 2 is 2.00 bits per heavy atom. The minimum Gasteiger partial charge on any atom is -0.469 e. The van der Waals surface area contributed by atoms with E-state index >= 15 is 0 Å². The van der Waals surface area contributed by atoms with Gasteiger partial charge in [-0.05, 0) is 13.0 Å². The Balaban J connectivity index is 3.01. The topological polar surface area (TPSA) is 30.2 Å². The van der Waals surface area contributed by atoms with Gasteiger partial charge in [-0.3, -0.25) is 4.79 Å². The second kappa shape index (κ2) is 2.77. The molecule has 0 aliphatic rings. The lowest BCUT2D eigenvalue weighted by Crippen LogP contribution is -2.20. The molecule has 1 aromatic heterocycles. The van der Waals surface area contributed by atoms with E-state index in [4.69, 9.17) is 4.42 Å². The number of aryl methyl sites for hydroxylation is 1. The fourth-order valence-electron chi connectivity index (χ4n) is 1.02. The van der Waals surface area contributed by atoms with Crippen molar-refractivity contribution in [1.29, 1.82) is 0 Å². The highest BCUT2D eigenvalue weighted by molar-refractivity contribution is 6.00. The third-order valence-electron chi connectivity index (χ3n) is 1.78. The SMILES string of the molecule is Cc1occc1C(=O)C(C)(C)C. The predicted octanol–water partition coefficient (Wildman–Crippen LogP) is 2.82. The lowest BCUT2D eigenvalue weighted by Gasteiger charge is -2.15. The quantitative estimate of drug-likeness (QED) is 0.600. The Labute approximate surface area is 72.6 Å². The Morgan fingerprint density at radius 1 is 1.42 bits per heavy atom. The van der Waals surface area contributed by atoms with E-state index in [1.54, 1.807) is 19.3 Å². The standard InChI is InChI=1S/C10H14O2/c1-7-8(5-6-12-7)9(11)10(2,3)4/h5-6H,1-4H3. The maximum Gasteiger partial charge on any atom is 0.171 e. The van der Waals surface area contributed by atoms with Crippen LogP contribution in [0.2, 0.25) is 0 Å². The van der Waals surface area contributed by atoms with Crippen molar-refractivity contribution in [2.24, 2.45) is 5.41 Å². The molecule has 0 atom stereocenters. The van der Waals surface area contributed by atoms with E-state index in [2.05, 4.69) is 0 Å².